The van der Waals surface area contributed by atoms with Gasteiger partial charge in [-0.2, -0.15) is 0 Å². The second kappa shape index (κ2) is 5.66. The number of methoxy groups -OCH3 is 1. The van der Waals surface area contributed by atoms with Crippen molar-refractivity contribution >= 4 is 11.5 Å². The molecule has 0 amide bonds. The zero-order chi connectivity index (χ0) is 14.8. The number of benzene rings is 1. The van der Waals surface area contributed by atoms with Crippen LogP contribution in [0.5, 0.6) is 0 Å². The van der Waals surface area contributed by atoms with Crippen molar-refractivity contribution in [3.63, 3.8) is 0 Å². The monoisotopic (exact) mass is 281 g/mol. The predicted octanol–water partition coefficient (Wildman–Crippen LogP) is 1.93. The molecule has 1 atom stereocenters. The summed E-state index contributed by atoms with van der Waals surface area (Å²) in [7, 11) is 1.68. The molecule has 1 aliphatic rings. The van der Waals surface area contributed by atoms with Crippen molar-refractivity contribution in [2.75, 3.05) is 25.1 Å². The summed E-state index contributed by atoms with van der Waals surface area (Å²) in [5.41, 5.74) is 6.08. The van der Waals surface area contributed by atoms with E-state index < -0.39 is 0 Å². The second-order valence-corrected chi connectivity index (χ2v) is 5.33. The Bertz CT molecular complexity index is 521. The van der Waals surface area contributed by atoms with Gasteiger partial charge in [0.05, 0.1) is 11.3 Å². The molecule has 2 rings (SSSR count). The van der Waals surface area contributed by atoms with Crippen molar-refractivity contribution in [2.45, 2.75) is 25.4 Å². The molecule has 1 aliphatic heterocycles. The molecule has 3 N–H and O–H groups in total. The first kappa shape index (κ1) is 14.6. The Kier molecular flexibility index (Phi) is 4.13. The number of hydrogen-bond donors (Lipinski definition) is 2. The maximum absolute atomic E-state index is 14.2. The number of rotatable bonds is 3. The molecule has 0 saturated carbocycles. The molecule has 0 spiro atoms. The van der Waals surface area contributed by atoms with E-state index in [2.05, 4.69) is 5.16 Å². The summed E-state index contributed by atoms with van der Waals surface area (Å²) in [6.45, 7) is 3.46. The molecule has 0 aromatic heterocycles. The Labute approximate surface area is 117 Å². The summed E-state index contributed by atoms with van der Waals surface area (Å²) in [6.07, 6.45) is 1.91. The molecule has 110 valence electrons. The van der Waals surface area contributed by atoms with Crippen molar-refractivity contribution in [1.29, 1.82) is 0 Å². The number of piperidine rings is 1. The summed E-state index contributed by atoms with van der Waals surface area (Å²) < 4.78 is 19.7. The Morgan fingerprint density at radius 3 is 2.90 bits per heavy atom. The Hall–Kier alpha value is -1.82. The number of oxime groups is 1. The highest BCUT2D eigenvalue weighted by Gasteiger charge is 2.31. The van der Waals surface area contributed by atoms with Crippen LogP contribution in [0.4, 0.5) is 10.1 Å². The van der Waals surface area contributed by atoms with Gasteiger partial charge < -0.3 is 20.6 Å². The van der Waals surface area contributed by atoms with Gasteiger partial charge in [0.2, 0.25) is 0 Å². The van der Waals surface area contributed by atoms with Crippen molar-refractivity contribution in [3.05, 3.63) is 29.6 Å². The molecule has 1 unspecified atom stereocenters. The minimum atomic E-state index is -0.380. The van der Waals surface area contributed by atoms with E-state index in [0.29, 0.717) is 17.8 Å². The summed E-state index contributed by atoms with van der Waals surface area (Å²) in [4.78, 5) is 1.97. The molecule has 1 aromatic rings. The van der Waals surface area contributed by atoms with Gasteiger partial charge in [0.1, 0.15) is 5.82 Å². The van der Waals surface area contributed by atoms with Crippen LogP contribution in [0.15, 0.2) is 23.4 Å². The molecule has 0 aliphatic carbocycles. The third kappa shape index (κ3) is 2.85. The minimum absolute atomic E-state index is 0.101. The zero-order valence-corrected chi connectivity index (χ0v) is 11.8. The molecule has 1 saturated heterocycles. The summed E-state index contributed by atoms with van der Waals surface area (Å²) >= 11 is 0. The standard InChI is InChI=1S/C14H20FN3O2/c1-14(20-2)6-3-7-18(9-14)12-5-4-10(8-11(12)15)13(16)17-19/h4-5,8,19H,3,6-7,9H2,1-2H3,(H2,16,17). The molecule has 6 heteroatoms. The maximum atomic E-state index is 14.2. The number of halogens is 1. The molecule has 1 heterocycles. The fourth-order valence-corrected chi connectivity index (χ4v) is 2.56. The fraction of sp³-hybridized carbons (Fsp3) is 0.500. The van der Waals surface area contributed by atoms with Crippen LogP contribution < -0.4 is 10.6 Å². The van der Waals surface area contributed by atoms with E-state index in [-0.39, 0.29) is 17.3 Å². The molecule has 0 radical (unpaired) electrons. The van der Waals surface area contributed by atoms with Gasteiger partial charge >= 0.3 is 0 Å². The van der Waals surface area contributed by atoms with Crippen LogP contribution in [0.3, 0.4) is 0 Å². The molecule has 0 bridgehead atoms. The Morgan fingerprint density at radius 1 is 1.55 bits per heavy atom. The topological polar surface area (TPSA) is 71.1 Å². The van der Waals surface area contributed by atoms with Crippen LogP contribution in [0.25, 0.3) is 0 Å². The Morgan fingerprint density at radius 2 is 2.30 bits per heavy atom. The van der Waals surface area contributed by atoms with Crippen molar-refractivity contribution in [1.82, 2.24) is 0 Å². The van der Waals surface area contributed by atoms with Crippen LogP contribution in [0.2, 0.25) is 0 Å². The quantitative estimate of drug-likeness (QED) is 0.384. The number of nitrogens with two attached hydrogens (primary N) is 1. The number of anilines is 1. The van der Waals surface area contributed by atoms with Crippen LogP contribution in [0, 0.1) is 5.82 Å². The van der Waals surface area contributed by atoms with E-state index in [1.807, 2.05) is 11.8 Å². The summed E-state index contributed by atoms with van der Waals surface area (Å²) in [6, 6.07) is 4.58. The highest BCUT2D eigenvalue weighted by atomic mass is 19.1. The van der Waals surface area contributed by atoms with Crippen molar-refractivity contribution in [2.24, 2.45) is 10.9 Å². The van der Waals surface area contributed by atoms with Crippen molar-refractivity contribution in [3.8, 4) is 0 Å². The summed E-state index contributed by atoms with van der Waals surface area (Å²) in [5.74, 6) is -0.481. The largest absolute Gasteiger partial charge is 0.409 e. The highest BCUT2D eigenvalue weighted by molar-refractivity contribution is 5.97. The number of hydrogen-bond acceptors (Lipinski definition) is 4. The average Bonchev–Trinajstić information content (AvgIpc) is 2.46. The van der Waals surface area contributed by atoms with Gasteiger partial charge in [-0.05, 0) is 38.0 Å². The van der Waals surface area contributed by atoms with E-state index in [1.165, 1.54) is 6.07 Å². The maximum Gasteiger partial charge on any atom is 0.170 e. The van der Waals surface area contributed by atoms with E-state index in [4.69, 9.17) is 15.7 Å². The summed E-state index contributed by atoms with van der Waals surface area (Å²) in [5, 5.41) is 11.5. The zero-order valence-electron chi connectivity index (χ0n) is 11.8. The first-order valence-electron chi connectivity index (χ1n) is 6.56. The number of nitrogens with zero attached hydrogens (tertiary/aromatic N) is 2. The molecular formula is C14H20FN3O2. The highest BCUT2D eigenvalue weighted by Crippen LogP contribution is 2.29. The van der Waals surface area contributed by atoms with Gasteiger partial charge in [0.15, 0.2) is 5.84 Å². The van der Waals surface area contributed by atoms with Crippen LogP contribution in [-0.4, -0.2) is 36.8 Å². The van der Waals surface area contributed by atoms with Crippen LogP contribution in [-0.2, 0) is 4.74 Å². The fourth-order valence-electron chi connectivity index (χ4n) is 2.56. The van der Waals surface area contributed by atoms with Crippen LogP contribution >= 0.6 is 0 Å². The lowest BCUT2D eigenvalue weighted by atomic mass is 9.94. The van der Waals surface area contributed by atoms with Gasteiger partial charge in [-0.15, -0.1) is 0 Å². The van der Waals surface area contributed by atoms with Gasteiger partial charge in [-0.25, -0.2) is 4.39 Å². The van der Waals surface area contributed by atoms with E-state index >= 15 is 0 Å². The molecule has 5 nitrogen and oxygen atoms in total. The molecule has 1 fully saturated rings. The van der Waals surface area contributed by atoms with Crippen LogP contribution in [0.1, 0.15) is 25.3 Å². The van der Waals surface area contributed by atoms with Gasteiger partial charge in [0.25, 0.3) is 0 Å². The first-order chi connectivity index (χ1) is 9.49. The normalized spacial score (nSPS) is 23.9. The van der Waals surface area contributed by atoms with Gasteiger partial charge in [-0.1, -0.05) is 5.16 Å². The lowest BCUT2D eigenvalue weighted by Gasteiger charge is -2.40. The Balaban J connectivity index is 2.25. The van der Waals surface area contributed by atoms with E-state index in [9.17, 15) is 4.39 Å². The van der Waals surface area contributed by atoms with E-state index in [0.717, 1.165) is 19.4 Å². The average molecular weight is 281 g/mol. The molecule has 20 heavy (non-hydrogen) atoms. The first-order valence-corrected chi connectivity index (χ1v) is 6.56. The lowest BCUT2D eigenvalue weighted by molar-refractivity contribution is -0.00476. The van der Waals surface area contributed by atoms with Gasteiger partial charge in [0, 0.05) is 25.8 Å². The minimum Gasteiger partial charge on any atom is -0.409 e. The third-order valence-electron chi connectivity index (χ3n) is 3.84. The number of ether oxygens (including phenoxy) is 1. The lowest BCUT2D eigenvalue weighted by Crippen LogP contribution is -2.47. The smallest absolute Gasteiger partial charge is 0.170 e. The molecule has 1 aromatic carbocycles. The SMILES string of the molecule is COC1(C)CCCN(c2ccc(/C(N)=N/O)cc2F)C1. The van der Waals surface area contributed by atoms with Crippen molar-refractivity contribution < 1.29 is 14.3 Å². The van der Waals surface area contributed by atoms with E-state index in [1.54, 1.807) is 19.2 Å². The number of amidine groups is 1. The van der Waals surface area contributed by atoms with Gasteiger partial charge in [-0.3, -0.25) is 0 Å². The predicted molar refractivity (Wildman–Crippen MR) is 75.8 cm³/mol. The second-order valence-electron chi connectivity index (χ2n) is 5.33. The molecular weight excluding hydrogens is 261 g/mol. The third-order valence-corrected chi connectivity index (χ3v) is 3.84.